The molecule has 0 bridgehead atoms. The van der Waals surface area contributed by atoms with Crippen molar-refractivity contribution in [1.29, 1.82) is 0 Å². The van der Waals surface area contributed by atoms with E-state index in [0.29, 0.717) is 0 Å². The first-order chi connectivity index (χ1) is 12.4. The van der Waals surface area contributed by atoms with Crippen LogP contribution in [-0.4, -0.2) is 30.5 Å². The second kappa shape index (κ2) is 42.2. The average Bonchev–Trinajstić information content (AvgIpc) is 2.18. The molecule has 176 valence electrons. The summed E-state index contributed by atoms with van der Waals surface area (Å²) >= 11 is -5.75. The van der Waals surface area contributed by atoms with Crippen LogP contribution in [0, 0.1) is 175 Å². The Kier molecular flexibility index (Phi) is 77.3. The van der Waals surface area contributed by atoms with Gasteiger partial charge < -0.3 is 91.9 Å². The molecule has 0 N–H and O–H groups in total. The molecule has 0 spiro atoms. The molecule has 0 saturated carbocycles. The van der Waals surface area contributed by atoms with Gasteiger partial charge >= 0.3 is 113 Å². The van der Waals surface area contributed by atoms with Crippen LogP contribution in [-0.2, 0) is 21.2 Å². The summed E-state index contributed by atoms with van der Waals surface area (Å²) in [7, 11) is 0. The predicted octanol–water partition coefficient (Wildman–Crippen LogP) is -4.05. The predicted molar refractivity (Wildman–Crippen MR) is 63.5 cm³/mol. The number of hydrogen-bond donors (Lipinski definition) is 0. The van der Waals surface area contributed by atoms with E-state index in [0.717, 1.165) is 0 Å². The molecule has 0 aromatic rings. The van der Waals surface area contributed by atoms with Gasteiger partial charge in [0.2, 0.25) is 0 Å². The van der Waals surface area contributed by atoms with Crippen LogP contribution in [0.25, 0.3) is 0 Å². The summed E-state index contributed by atoms with van der Waals surface area (Å²) in [5.41, 5.74) is 0. The van der Waals surface area contributed by atoms with E-state index in [2.05, 4.69) is 0 Å². The molecule has 31 heteroatoms. The fraction of sp³-hybridized carbons (Fsp3) is 0. The molecule has 0 aromatic heterocycles. The zero-order valence-corrected chi connectivity index (χ0v) is 20.6. The Morgan fingerprint density at radius 2 is 0.355 bits per heavy atom. The molecule has 0 saturated heterocycles. The summed E-state index contributed by atoms with van der Waals surface area (Å²) < 4.78 is 34.4. The normalized spacial score (nSPS) is 6.52. The van der Waals surface area contributed by atoms with Crippen LogP contribution in [0.2, 0.25) is 0 Å². The van der Waals surface area contributed by atoms with Gasteiger partial charge in [-0.05, 0) is 0 Å². The Hall–Kier alpha value is -1.99. The SMILES string of the molecule is O=[N+]([O-])[O-].O=[N+]([O-])[O-].O=[N+]([O-])[O-].O=[N+]([O-])[O-].O=[N+]([O-])[O-].O=[N+]([O-])[O-].[Ce+4].[Ce+4].[O]=[Cr](=[O])([O-])[O-]. The fourth-order valence-corrected chi connectivity index (χ4v) is 0. The van der Waals surface area contributed by atoms with Crippen molar-refractivity contribution in [2.24, 2.45) is 0 Å². The molecule has 0 rings (SSSR count). The average molecular weight is 768 g/mol. The molecule has 31 heavy (non-hydrogen) atoms. The first-order valence-corrected chi connectivity index (χ1v) is 6.04. The molecule has 0 radical (unpaired) electrons. The van der Waals surface area contributed by atoms with Crippen molar-refractivity contribution in [3.05, 3.63) is 91.9 Å². The Balaban J connectivity index is -0.0000000258. The van der Waals surface area contributed by atoms with E-state index >= 15 is 0 Å². The van der Waals surface area contributed by atoms with E-state index in [-0.39, 0.29) is 83.5 Å². The molecule has 0 aliphatic carbocycles. The van der Waals surface area contributed by atoms with Gasteiger partial charge in [-0.2, -0.15) is 0 Å². The quantitative estimate of drug-likeness (QED) is 0.167. The maximum absolute atomic E-state index is 8.59. The second-order valence-electron chi connectivity index (χ2n) is 1.75. The second-order valence-corrected chi connectivity index (χ2v) is 3.02. The topological polar surface area (TPSA) is 477 Å². The van der Waals surface area contributed by atoms with Gasteiger partial charge in [0.1, 0.15) is 0 Å². The Morgan fingerprint density at radius 3 is 0.355 bits per heavy atom. The summed E-state index contributed by atoms with van der Waals surface area (Å²) in [5.74, 6) is 0. The van der Waals surface area contributed by atoms with Crippen molar-refractivity contribution in [1.82, 2.24) is 0 Å². The molecule has 0 aliphatic rings. The van der Waals surface area contributed by atoms with Crippen molar-refractivity contribution >= 4 is 0 Å². The molecule has 0 amide bonds. The Morgan fingerprint density at radius 1 is 0.355 bits per heavy atom. The first kappa shape index (κ1) is 56.8. The van der Waals surface area contributed by atoms with Crippen LogP contribution in [0.15, 0.2) is 0 Å². The van der Waals surface area contributed by atoms with E-state index in [1.165, 1.54) is 0 Å². The molecule has 28 nitrogen and oxygen atoms in total. The summed E-state index contributed by atoms with van der Waals surface area (Å²) in [4.78, 5) is 49.5. The van der Waals surface area contributed by atoms with Crippen LogP contribution in [0.5, 0.6) is 0 Å². The van der Waals surface area contributed by atoms with E-state index in [4.69, 9.17) is 108 Å². The maximum atomic E-state index is 8.59. The van der Waals surface area contributed by atoms with Gasteiger partial charge in [-0.3, -0.25) is 0 Å². The van der Waals surface area contributed by atoms with Crippen LogP contribution >= 0.6 is 0 Å². The zero-order chi connectivity index (χ0) is 26.0. The first-order valence-electron chi connectivity index (χ1n) is 3.95. The summed E-state index contributed by atoms with van der Waals surface area (Å²) in [6, 6.07) is 0. The zero-order valence-electron chi connectivity index (χ0n) is 13.1. The fourth-order valence-electron chi connectivity index (χ4n) is 0. The minimum absolute atomic E-state index is 0. The van der Waals surface area contributed by atoms with Gasteiger partial charge in [0.05, 0.1) is 30.5 Å². The van der Waals surface area contributed by atoms with Gasteiger partial charge in [-0.1, -0.05) is 0 Å². The molecule has 0 heterocycles. The van der Waals surface area contributed by atoms with Crippen molar-refractivity contribution < 1.29 is 144 Å². The van der Waals surface area contributed by atoms with Crippen LogP contribution in [0.1, 0.15) is 0 Å². The molecule has 0 atom stereocenters. The third kappa shape index (κ3) is 4760. The van der Waals surface area contributed by atoms with Crippen molar-refractivity contribution in [3.63, 3.8) is 0 Å². The van der Waals surface area contributed by atoms with Gasteiger partial charge in [0.15, 0.2) is 0 Å². The van der Waals surface area contributed by atoms with Crippen molar-refractivity contribution in [3.8, 4) is 0 Å². The number of rotatable bonds is 0. The van der Waals surface area contributed by atoms with E-state index in [1.807, 2.05) is 0 Å². The van der Waals surface area contributed by atoms with E-state index < -0.39 is 44.1 Å². The summed E-state index contributed by atoms with van der Waals surface area (Å²) in [5, 5.41) is 88.5. The third-order valence-corrected chi connectivity index (χ3v) is 0. The summed E-state index contributed by atoms with van der Waals surface area (Å²) in [6.07, 6.45) is 0. The van der Waals surface area contributed by atoms with E-state index in [1.54, 1.807) is 0 Å². The molecular weight excluding hydrogens is 768 g/mol. The van der Waals surface area contributed by atoms with Crippen molar-refractivity contribution in [2.45, 2.75) is 0 Å². The molecule has 0 aromatic carbocycles. The van der Waals surface area contributed by atoms with Gasteiger partial charge in [-0.25, -0.2) is 0 Å². The number of hydrogen-bond acceptors (Lipinski definition) is 22. The van der Waals surface area contributed by atoms with E-state index in [9.17, 15) is 0 Å². The van der Waals surface area contributed by atoms with Crippen molar-refractivity contribution in [2.75, 3.05) is 0 Å². The molecule has 0 aliphatic heterocycles. The molecule has 0 unspecified atom stereocenters. The van der Waals surface area contributed by atoms with Gasteiger partial charge in [0.25, 0.3) is 0 Å². The minimum atomic E-state index is -5.75. The van der Waals surface area contributed by atoms with Crippen LogP contribution < -0.4 is 8.32 Å². The molecular formula is Ce2CrN6O22. The standard InChI is InChI=1S/2Ce.Cr.6NO3.4O/c;;;6*2-1(3)4;;;;/q2*+4;;6*-1;;;2*-1. The van der Waals surface area contributed by atoms with Gasteiger partial charge in [-0.15, -0.1) is 0 Å². The Labute approximate surface area is 233 Å². The van der Waals surface area contributed by atoms with Crippen LogP contribution in [0.3, 0.4) is 0 Å². The number of nitrogens with zero attached hydrogens (tertiary/aromatic N) is 6. The van der Waals surface area contributed by atoms with Crippen LogP contribution in [0.4, 0.5) is 0 Å². The van der Waals surface area contributed by atoms with Gasteiger partial charge in [0, 0.05) is 0 Å². The summed E-state index contributed by atoms with van der Waals surface area (Å²) in [6.45, 7) is 0. The third-order valence-electron chi connectivity index (χ3n) is 0. The molecule has 0 fully saturated rings. The monoisotopic (exact) mass is 768 g/mol. The Bertz CT molecular complexity index is 441.